The molecular formula is C17H33N3S2. The van der Waals surface area contributed by atoms with Crippen LogP contribution >= 0.6 is 12.2 Å². The van der Waals surface area contributed by atoms with E-state index in [4.69, 9.17) is 24.8 Å². The topological polar surface area (TPSA) is 31.9 Å². The Bertz CT molecular complexity index is 280. The van der Waals surface area contributed by atoms with E-state index in [9.17, 15) is 0 Å². The average molecular weight is 344 g/mol. The summed E-state index contributed by atoms with van der Waals surface area (Å²) < 4.78 is 0.735. The summed E-state index contributed by atoms with van der Waals surface area (Å²) in [5.41, 5.74) is 0. The highest BCUT2D eigenvalue weighted by molar-refractivity contribution is 8.00. The van der Waals surface area contributed by atoms with Crippen LogP contribution in [-0.2, 0) is 12.6 Å². The Morgan fingerprint density at radius 3 is 1.59 bits per heavy atom. The fourth-order valence-corrected chi connectivity index (χ4v) is 4.59. The zero-order valence-electron chi connectivity index (χ0n) is 13.9. The van der Waals surface area contributed by atoms with Crippen molar-refractivity contribution in [1.82, 2.24) is 10.2 Å². The van der Waals surface area contributed by atoms with Gasteiger partial charge in [-0.2, -0.15) is 0 Å². The maximum absolute atomic E-state index is 5.32. The van der Waals surface area contributed by atoms with Crippen LogP contribution in [-0.4, -0.2) is 47.5 Å². The molecule has 1 heterocycles. The van der Waals surface area contributed by atoms with Crippen molar-refractivity contribution in [2.45, 2.75) is 76.3 Å². The third-order valence-electron chi connectivity index (χ3n) is 5.20. The number of piperazine rings is 1. The Labute approximate surface area is 147 Å². The summed E-state index contributed by atoms with van der Waals surface area (Å²) in [6, 6.07) is 1.34. The normalized spacial score (nSPS) is 24.2. The summed E-state index contributed by atoms with van der Waals surface area (Å²) in [6.07, 6.45) is 13.5. The van der Waals surface area contributed by atoms with E-state index >= 15 is 0 Å². The summed E-state index contributed by atoms with van der Waals surface area (Å²) in [4.78, 5) is 2.43. The molecule has 3 rings (SSSR count). The van der Waals surface area contributed by atoms with Gasteiger partial charge in [-0.25, -0.2) is 0 Å². The van der Waals surface area contributed by atoms with Crippen LogP contribution in [0.15, 0.2) is 0 Å². The second kappa shape index (κ2) is 10.7. The first kappa shape index (κ1) is 18.4. The van der Waals surface area contributed by atoms with Crippen LogP contribution in [0.4, 0.5) is 0 Å². The van der Waals surface area contributed by atoms with Crippen molar-refractivity contribution in [3.05, 3.63) is 0 Å². The molecule has 1 saturated heterocycles. The molecule has 128 valence electrons. The summed E-state index contributed by atoms with van der Waals surface area (Å²) in [5, 5.41) is 5.58. The summed E-state index contributed by atoms with van der Waals surface area (Å²) in [5.74, 6) is 0. The molecule has 0 bridgehead atoms. The van der Waals surface area contributed by atoms with Crippen LogP contribution < -0.4 is 10.6 Å². The number of quaternary nitrogens is 1. The van der Waals surface area contributed by atoms with Gasteiger partial charge in [-0.1, -0.05) is 42.8 Å². The first-order valence-electron chi connectivity index (χ1n) is 9.30. The second-order valence-corrected chi connectivity index (χ2v) is 7.90. The van der Waals surface area contributed by atoms with Crippen LogP contribution in [0.25, 0.3) is 0 Å². The van der Waals surface area contributed by atoms with Crippen LogP contribution in [0.2, 0.25) is 0 Å². The van der Waals surface area contributed by atoms with Crippen LogP contribution in [0.3, 0.4) is 0 Å². The number of nitrogens with one attached hydrogen (secondary N) is 1. The fourth-order valence-electron chi connectivity index (χ4n) is 3.99. The monoisotopic (exact) mass is 343 g/mol. The Morgan fingerprint density at radius 2 is 1.32 bits per heavy atom. The molecule has 0 amide bonds. The third-order valence-corrected chi connectivity index (χ3v) is 5.62. The van der Waals surface area contributed by atoms with Gasteiger partial charge in [0, 0.05) is 25.2 Å². The lowest BCUT2D eigenvalue weighted by Gasteiger charge is -2.45. The molecule has 0 atom stereocenters. The largest absolute Gasteiger partial charge is 0.411 e. The molecule has 0 aromatic carbocycles. The van der Waals surface area contributed by atoms with E-state index in [2.05, 4.69) is 15.5 Å². The van der Waals surface area contributed by atoms with E-state index in [0.29, 0.717) is 12.1 Å². The quantitative estimate of drug-likeness (QED) is 0.593. The van der Waals surface area contributed by atoms with Gasteiger partial charge in [-0.3, -0.25) is 0 Å². The number of nitrogens with two attached hydrogens (primary N) is 1. The molecule has 2 saturated carbocycles. The van der Waals surface area contributed by atoms with Crippen molar-refractivity contribution >= 4 is 29.2 Å². The van der Waals surface area contributed by atoms with Crippen LogP contribution in [0.1, 0.15) is 64.2 Å². The van der Waals surface area contributed by atoms with Gasteiger partial charge in [0.25, 0.3) is 0 Å². The van der Waals surface area contributed by atoms with Crippen molar-refractivity contribution in [3.63, 3.8) is 0 Å². The summed E-state index contributed by atoms with van der Waals surface area (Å²) >= 11 is 10.6. The predicted octanol–water partition coefficient (Wildman–Crippen LogP) is 1.94. The Balaban J connectivity index is 0.000000246. The van der Waals surface area contributed by atoms with Crippen LogP contribution in [0.5, 0.6) is 0 Å². The van der Waals surface area contributed by atoms with Gasteiger partial charge in [0.05, 0.1) is 13.1 Å². The molecule has 3 fully saturated rings. The maximum Gasteiger partial charge on any atom is 0.0882 e. The van der Waals surface area contributed by atoms with Crippen molar-refractivity contribution in [3.8, 4) is 0 Å². The molecule has 0 radical (unpaired) electrons. The minimum absolute atomic E-state index is 0.668. The van der Waals surface area contributed by atoms with Gasteiger partial charge in [-0.05, 0) is 25.7 Å². The number of thiocarbonyl (C=S) groups is 1. The molecule has 0 aromatic rings. The minimum atomic E-state index is 0.668. The first-order valence-corrected chi connectivity index (χ1v) is 10.1. The molecule has 0 unspecified atom stereocenters. The number of rotatable bonds is 2. The highest BCUT2D eigenvalue weighted by atomic mass is 32.1. The minimum Gasteiger partial charge on any atom is -0.411 e. The van der Waals surface area contributed by atoms with E-state index in [-0.39, 0.29) is 0 Å². The van der Waals surface area contributed by atoms with Crippen molar-refractivity contribution in [2.24, 2.45) is 0 Å². The Kier molecular flexibility index (Phi) is 8.97. The van der Waals surface area contributed by atoms with Crippen LogP contribution in [0, 0.1) is 0 Å². The highest BCUT2D eigenvalue weighted by Crippen LogP contribution is 2.30. The zero-order valence-corrected chi connectivity index (χ0v) is 15.5. The lowest BCUT2D eigenvalue weighted by atomic mass is 9.89. The predicted molar refractivity (Wildman–Crippen MR) is 100 cm³/mol. The molecule has 0 spiro atoms. The van der Waals surface area contributed by atoms with Gasteiger partial charge in [0.15, 0.2) is 0 Å². The van der Waals surface area contributed by atoms with Gasteiger partial charge >= 0.3 is 0 Å². The van der Waals surface area contributed by atoms with E-state index in [0.717, 1.165) is 4.32 Å². The fraction of sp³-hybridized carbons (Fsp3) is 0.941. The second-order valence-electron chi connectivity index (χ2n) is 6.87. The smallest absolute Gasteiger partial charge is 0.0882 e. The van der Waals surface area contributed by atoms with Gasteiger partial charge < -0.3 is 40.4 Å². The van der Waals surface area contributed by atoms with E-state index in [1.807, 2.05) is 0 Å². The Morgan fingerprint density at radius 1 is 0.864 bits per heavy atom. The molecule has 5 heteroatoms. The highest BCUT2D eigenvalue weighted by Gasteiger charge is 2.26. The standard InChI is InChI=1S/C13H23NS2.C4H10N2/c15-13(16)14(11-7-3-1-4-8-11)12-9-5-2-6-10-12;1-2-6-4-3-5-1/h11-12H,1-10H2,(H,15,16);5-6H,1-4H2. The molecular weight excluding hydrogens is 310 g/mol. The van der Waals surface area contributed by atoms with Crippen molar-refractivity contribution in [2.75, 3.05) is 26.2 Å². The molecule has 3 N–H and O–H groups in total. The van der Waals surface area contributed by atoms with Gasteiger partial charge in [0.1, 0.15) is 0 Å². The number of hydrogen-bond donors (Lipinski definition) is 2. The van der Waals surface area contributed by atoms with Gasteiger partial charge in [-0.15, -0.1) is 0 Å². The van der Waals surface area contributed by atoms with Crippen molar-refractivity contribution < 1.29 is 5.32 Å². The van der Waals surface area contributed by atoms with E-state index < -0.39 is 0 Å². The van der Waals surface area contributed by atoms with E-state index in [1.54, 1.807) is 0 Å². The zero-order chi connectivity index (χ0) is 15.6. The number of nitrogens with zero attached hydrogens (tertiary/aromatic N) is 1. The third kappa shape index (κ3) is 6.26. The SMILES string of the molecule is C1C[NH2+]CCN1.S=C([S-])N(C1CCCCC1)C1CCCCC1. The Hall–Kier alpha value is 0.0300. The van der Waals surface area contributed by atoms with E-state index in [1.165, 1.54) is 90.4 Å². The summed E-state index contributed by atoms with van der Waals surface area (Å²) in [7, 11) is 0. The van der Waals surface area contributed by atoms with Crippen molar-refractivity contribution in [1.29, 1.82) is 0 Å². The number of hydrogen-bond acceptors (Lipinski definition) is 3. The average Bonchev–Trinajstić information content (AvgIpc) is 2.59. The molecule has 3 nitrogen and oxygen atoms in total. The molecule has 22 heavy (non-hydrogen) atoms. The van der Waals surface area contributed by atoms with Gasteiger partial charge in [0.2, 0.25) is 0 Å². The molecule has 2 aliphatic carbocycles. The molecule has 1 aliphatic heterocycles. The lowest BCUT2D eigenvalue weighted by Crippen LogP contribution is -2.89. The first-order chi connectivity index (χ1) is 10.8. The molecule has 3 aliphatic rings. The molecule has 0 aromatic heterocycles. The summed E-state index contributed by atoms with van der Waals surface area (Å²) in [6.45, 7) is 4.92. The maximum atomic E-state index is 5.32. The lowest BCUT2D eigenvalue weighted by molar-refractivity contribution is -0.657.